The lowest BCUT2D eigenvalue weighted by Gasteiger charge is -2.15. The molecule has 0 aliphatic heterocycles. The highest BCUT2D eigenvalue weighted by Gasteiger charge is 2.18. The van der Waals surface area contributed by atoms with Crippen molar-refractivity contribution in [2.24, 2.45) is 0 Å². The molecule has 5 heteroatoms. The predicted molar refractivity (Wildman–Crippen MR) is 64.6 cm³/mol. The molecule has 1 unspecified atom stereocenters. The van der Waals surface area contributed by atoms with Crippen LogP contribution >= 0.6 is 12.4 Å². The van der Waals surface area contributed by atoms with Gasteiger partial charge < -0.3 is 14.6 Å². The molecule has 1 atom stereocenters. The van der Waals surface area contributed by atoms with E-state index in [0.29, 0.717) is 17.9 Å². The molecule has 1 aromatic rings. The van der Waals surface area contributed by atoms with Gasteiger partial charge in [-0.25, -0.2) is 0 Å². The van der Waals surface area contributed by atoms with Gasteiger partial charge in [0.05, 0.1) is 13.7 Å². The topological polar surface area (TPSA) is 62.5 Å². The molecule has 4 nitrogen and oxygen atoms in total. The number of benzene rings is 1. The number of rotatable bonds is 4. The van der Waals surface area contributed by atoms with E-state index in [-0.39, 0.29) is 18.3 Å². The van der Waals surface area contributed by atoms with Gasteiger partial charge in [0.1, 0.15) is 5.75 Å². The second-order valence-electron chi connectivity index (χ2n) is 2.94. The van der Waals surface area contributed by atoms with Crippen LogP contribution in [0.5, 0.6) is 5.75 Å². The molecule has 0 aliphatic carbocycles. The SMILES string of the molecule is CCOC(=N)C(O)c1ccccc1OC.Cl. The number of halogens is 1. The normalized spacial score (nSPS) is 11.2. The summed E-state index contributed by atoms with van der Waals surface area (Å²) in [6.07, 6.45) is -1.07. The lowest BCUT2D eigenvalue weighted by atomic mass is 10.1. The Hall–Kier alpha value is -1.26. The zero-order valence-electron chi connectivity index (χ0n) is 9.27. The van der Waals surface area contributed by atoms with Crippen molar-refractivity contribution in [1.82, 2.24) is 0 Å². The standard InChI is InChI=1S/C11H15NO3.ClH/c1-3-15-11(12)10(13)8-6-4-5-7-9(8)14-2;/h4-7,10,12-13H,3H2,1-2H3;1H. The van der Waals surface area contributed by atoms with Gasteiger partial charge in [-0.2, -0.15) is 0 Å². The third-order valence-electron chi connectivity index (χ3n) is 1.98. The summed E-state index contributed by atoms with van der Waals surface area (Å²) in [5.74, 6) is 0.386. The van der Waals surface area contributed by atoms with Crippen LogP contribution in [0.15, 0.2) is 24.3 Å². The van der Waals surface area contributed by atoms with Gasteiger partial charge in [0, 0.05) is 5.56 Å². The van der Waals surface area contributed by atoms with Gasteiger partial charge in [0.15, 0.2) is 6.10 Å². The highest BCUT2D eigenvalue weighted by molar-refractivity contribution is 5.85. The van der Waals surface area contributed by atoms with Crippen LogP contribution in [0.2, 0.25) is 0 Å². The quantitative estimate of drug-likeness (QED) is 0.631. The highest BCUT2D eigenvalue weighted by Crippen LogP contribution is 2.25. The summed E-state index contributed by atoms with van der Waals surface area (Å²) in [7, 11) is 1.52. The lowest BCUT2D eigenvalue weighted by molar-refractivity contribution is 0.187. The van der Waals surface area contributed by atoms with Crippen molar-refractivity contribution in [2.45, 2.75) is 13.0 Å². The molecule has 90 valence electrons. The zero-order valence-corrected chi connectivity index (χ0v) is 10.1. The minimum atomic E-state index is -1.07. The van der Waals surface area contributed by atoms with Crippen LogP contribution in [0.25, 0.3) is 0 Å². The fourth-order valence-corrected chi connectivity index (χ4v) is 1.27. The maximum atomic E-state index is 9.80. The van der Waals surface area contributed by atoms with Crippen molar-refractivity contribution in [3.63, 3.8) is 0 Å². The van der Waals surface area contributed by atoms with Gasteiger partial charge >= 0.3 is 0 Å². The Bertz CT molecular complexity index is 344. The molecule has 1 aromatic carbocycles. The van der Waals surface area contributed by atoms with E-state index in [2.05, 4.69) is 0 Å². The van der Waals surface area contributed by atoms with Gasteiger partial charge in [-0.3, -0.25) is 5.41 Å². The van der Waals surface area contributed by atoms with E-state index in [1.165, 1.54) is 7.11 Å². The molecule has 0 aliphatic rings. The van der Waals surface area contributed by atoms with Crippen molar-refractivity contribution in [3.8, 4) is 5.75 Å². The van der Waals surface area contributed by atoms with Crippen molar-refractivity contribution in [3.05, 3.63) is 29.8 Å². The average Bonchev–Trinajstić information content (AvgIpc) is 2.28. The van der Waals surface area contributed by atoms with Gasteiger partial charge in [0.2, 0.25) is 5.90 Å². The minimum absolute atomic E-state index is 0. The Morgan fingerprint density at radius 1 is 1.44 bits per heavy atom. The number of hydrogen-bond acceptors (Lipinski definition) is 4. The molecular formula is C11H16ClNO3. The van der Waals surface area contributed by atoms with Crippen LogP contribution in [0.1, 0.15) is 18.6 Å². The maximum absolute atomic E-state index is 9.80. The summed E-state index contributed by atoms with van der Waals surface area (Å²) in [6.45, 7) is 2.13. The maximum Gasteiger partial charge on any atom is 0.215 e. The van der Waals surface area contributed by atoms with Crippen LogP contribution in [0.4, 0.5) is 0 Å². The average molecular weight is 246 g/mol. The van der Waals surface area contributed by atoms with E-state index < -0.39 is 6.10 Å². The van der Waals surface area contributed by atoms with E-state index in [1.54, 1.807) is 31.2 Å². The second-order valence-corrected chi connectivity index (χ2v) is 2.94. The minimum Gasteiger partial charge on any atom is -0.496 e. The highest BCUT2D eigenvalue weighted by atomic mass is 35.5. The summed E-state index contributed by atoms with van der Waals surface area (Å²) in [5, 5.41) is 17.3. The van der Waals surface area contributed by atoms with Gasteiger partial charge in [-0.15, -0.1) is 12.4 Å². The fraction of sp³-hybridized carbons (Fsp3) is 0.364. The monoisotopic (exact) mass is 245 g/mol. The summed E-state index contributed by atoms with van der Waals surface area (Å²) in [6, 6.07) is 7.02. The van der Waals surface area contributed by atoms with Crippen molar-refractivity contribution < 1.29 is 14.6 Å². The Morgan fingerprint density at radius 3 is 2.62 bits per heavy atom. The van der Waals surface area contributed by atoms with Crippen LogP contribution < -0.4 is 4.74 Å². The molecule has 0 bridgehead atoms. The molecule has 1 rings (SSSR count). The Labute approximate surface area is 101 Å². The zero-order chi connectivity index (χ0) is 11.3. The van der Waals surface area contributed by atoms with Crippen LogP contribution in [0, 0.1) is 5.41 Å². The molecule has 0 amide bonds. The number of hydrogen-bond donors (Lipinski definition) is 2. The lowest BCUT2D eigenvalue weighted by Crippen LogP contribution is -2.15. The number of para-hydroxylation sites is 1. The number of aliphatic hydroxyl groups is 1. The Kier molecular flexibility index (Phi) is 6.53. The van der Waals surface area contributed by atoms with E-state index in [0.717, 1.165) is 0 Å². The summed E-state index contributed by atoms with van der Waals surface area (Å²) in [5.41, 5.74) is 0.540. The van der Waals surface area contributed by atoms with Gasteiger partial charge in [-0.05, 0) is 13.0 Å². The molecular weight excluding hydrogens is 230 g/mol. The first-order chi connectivity index (χ1) is 7.20. The molecule has 0 saturated heterocycles. The number of nitrogens with one attached hydrogen (secondary N) is 1. The Balaban J connectivity index is 0.00000225. The van der Waals surface area contributed by atoms with Gasteiger partial charge in [-0.1, -0.05) is 18.2 Å². The molecule has 0 heterocycles. The van der Waals surface area contributed by atoms with E-state index in [4.69, 9.17) is 14.9 Å². The molecule has 2 N–H and O–H groups in total. The second kappa shape index (κ2) is 7.09. The van der Waals surface area contributed by atoms with Crippen molar-refractivity contribution >= 4 is 18.3 Å². The third-order valence-corrected chi connectivity index (χ3v) is 1.98. The van der Waals surface area contributed by atoms with Gasteiger partial charge in [0.25, 0.3) is 0 Å². The van der Waals surface area contributed by atoms with E-state index >= 15 is 0 Å². The summed E-state index contributed by atoms with van der Waals surface area (Å²) < 4.78 is 10.0. The molecule has 16 heavy (non-hydrogen) atoms. The largest absolute Gasteiger partial charge is 0.496 e. The van der Waals surface area contributed by atoms with E-state index in [1.807, 2.05) is 0 Å². The molecule has 0 aromatic heterocycles. The van der Waals surface area contributed by atoms with Crippen molar-refractivity contribution in [2.75, 3.05) is 13.7 Å². The molecule has 0 spiro atoms. The Morgan fingerprint density at radius 2 is 2.06 bits per heavy atom. The summed E-state index contributed by atoms with van der Waals surface area (Å²) in [4.78, 5) is 0. The smallest absolute Gasteiger partial charge is 0.215 e. The van der Waals surface area contributed by atoms with Crippen LogP contribution in [-0.2, 0) is 4.74 Å². The fourth-order valence-electron chi connectivity index (χ4n) is 1.27. The first-order valence-corrected chi connectivity index (χ1v) is 4.73. The number of methoxy groups -OCH3 is 1. The third kappa shape index (κ3) is 3.40. The predicted octanol–water partition coefficient (Wildman–Crippen LogP) is 2.16. The molecule has 0 saturated carbocycles. The molecule has 0 radical (unpaired) electrons. The summed E-state index contributed by atoms with van der Waals surface area (Å²) >= 11 is 0. The number of ether oxygens (including phenoxy) is 2. The van der Waals surface area contributed by atoms with Crippen LogP contribution in [0.3, 0.4) is 0 Å². The van der Waals surface area contributed by atoms with Crippen molar-refractivity contribution in [1.29, 1.82) is 5.41 Å². The number of aliphatic hydroxyl groups excluding tert-OH is 1. The molecule has 0 fully saturated rings. The van der Waals surface area contributed by atoms with Crippen LogP contribution in [-0.4, -0.2) is 24.7 Å². The first kappa shape index (κ1) is 14.7. The van der Waals surface area contributed by atoms with E-state index in [9.17, 15) is 5.11 Å². The first-order valence-electron chi connectivity index (χ1n) is 4.73.